The average molecular weight is 273 g/mol. The number of carbonyl (C=O) groups excluding carboxylic acids is 1. The van der Waals surface area contributed by atoms with Crippen molar-refractivity contribution in [1.82, 2.24) is 15.1 Å². The predicted octanol–water partition coefficient (Wildman–Crippen LogP) is 1.40. The highest BCUT2D eigenvalue weighted by Gasteiger charge is 2.23. The first kappa shape index (κ1) is 12.7. The number of benzene rings is 1. The van der Waals surface area contributed by atoms with Crippen LogP contribution >= 0.6 is 0 Å². The largest absolute Gasteiger partial charge is 0.476 e. The minimum absolute atomic E-state index is 0.0102. The maximum absolute atomic E-state index is 11.7. The molecule has 1 aliphatic carbocycles. The van der Waals surface area contributed by atoms with Crippen LogP contribution in [0.15, 0.2) is 24.3 Å². The van der Waals surface area contributed by atoms with E-state index in [0.29, 0.717) is 24.4 Å². The molecule has 0 radical (unpaired) electrons. The third-order valence-corrected chi connectivity index (χ3v) is 3.35. The lowest BCUT2D eigenvalue weighted by molar-refractivity contribution is -0.121. The number of para-hydroxylation sites is 1. The van der Waals surface area contributed by atoms with Crippen LogP contribution in [-0.4, -0.2) is 32.8 Å². The average Bonchev–Trinajstić information content (AvgIpc) is 3.15. The normalized spacial score (nSPS) is 14.4. The van der Waals surface area contributed by atoms with Crippen molar-refractivity contribution in [3.8, 4) is 0 Å². The van der Waals surface area contributed by atoms with Crippen LogP contribution in [0.25, 0.3) is 10.9 Å². The van der Waals surface area contributed by atoms with Crippen molar-refractivity contribution in [2.24, 2.45) is 0 Å². The highest BCUT2D eigenvalue weighted by molar-refractivity contribution is 6.01. The van der Waals surface area contributed by atoms with Crippen LogP contribution in [0.3, 0.4) is 0 Å². The van der Waals surface area contributed by atoms with Gasteiger partial charge in [-0.1, -0.05) is 18.2 Å². The monoisotopic (exact) mass is 273 g/mol. The molecule has 3 rings (SSSR count). The fraction of sp³-hybridized carbons (Fsp3) is 0.357. The molecule has 1 fully saturated rings. The van der Waals surface area contributed by atoms with Crippen LogP contribution in [0.5, 0.6) is 0 Å². The molecular formula is C14H15N3O3. The summed E-state index contributed by atoms with van der Waals surface area (Å²) in [7, 11) is 0. The van der Waals surface area contributed by atoms with E-state index in [9.17, 15) is 9.59 Å². The number of rotatable bonds is 5. The summed E-state index contributed by atoms with van der Waals surface area (Å²) in [5.41, 5.74) is 0.771. The van der Waals surface area contributed by atoms with Crippen LogP contribution in [0, 0.1) is 0 Å². The van der Waals surface area contributed by atoms with Crippen molar-refractivity contribution in [2.75, 3.05) is 0 Å². The molecule has 1 aromatic heterocycles. The van der Waals surface area contributed by atoms with Gasteiger partial charge in [-0.2, -0.15) is 5.10 Å². The fourth-order valence-electron chi connectivity index (χ4n) is 2.19. The van der Waals surface area contributed by atoms with Crippen molar-refractivity contribution in [2.45, 2.75) is 31.8 Å². The summed E-state index contributed by atoms with van der Waals surface area (Å²) >= 11 is 0. The molecule has 0 bridgehead atoms. The van der Waals surface area contributed by atoms with Gasteiger partial charge in [0.25, 0.3) is 0 Å². The van der Waals surface area contributed by atoms with Crippen LogP contribution in [-0.2, 0) is 11.3 Å². The SMILES string of the molecule is O=C(CCn1nc(C(=O)O)c2ccccc21)NC1CC1. The van der Waals surface area contributed by atoms with Gasteiger partial charge >= 0.3 is 5.97 Å². The Hall–Kier alpha value is -2.37. The summed E-state index contributed by atoms with van der Waals surface area (Å²) in [6, 6.07) is 7.49. The highest BCUT2D eigenvalue weighted by Crippen LogP contribution is 2.20. The molecule has 20 heavy (non-hydrogen) atoms. The summed E-state index contributed by atoms with van der Waals surface area (Å²) < 4.78 is 1.59. The number of nitrogens with one attached hydrogen (secondary N) is 1. The van der Waals surface area contributed by atoms with Gasteiger partial charge in [-0.15, -0.1) is 0 Å². The molecule has 104 valence electrons. The first-order valence-electron chi connectivity index (χ1n) is 6.63. The Morgan fingerprint density at radius 3 is 2.80 bits per heavy atom. The quantitative estimate of drug-likeness (QED) is 0.862. The number of carboxylic acid groups (broad SMARTS) is 1. The van der Waals surface area contributed by atoms with Crippen molar-refractivity contribution in [3.63, 3.8) is 0 Å². The van der Waals surface area contributed by atoms with Gasteiger partial charge < -0.3 is 10.4 Å². The van der Waals surface area contributed by atoms with E-state index in [2.05, 4.69) is 10.4 Å². The second kappa shape index (κ2) is 4.96. The number of aromatic carboxylic acids is 1. The van der Waals surface area contributed by atoms with Gasteiger partial charge in [0.2, 0.25) is 5.91 Å². The molecule has 0 atom stereocenters. The van der Waals surface area contributed by atoms with Gasteiger partial charge in [-0.25, -0.2) is 4.79 Å². The molecule has 1 heterocycles. The number of carbonyl (C=O) groups is 2. The minimum Gasteiger partial charge on any atom is -0.476 e. The van der Waals surface area contributed by atoms with E-state index in [1.54, 1.807) is 16.8 Å². The van der Waals surface area contributed by atoms with Gasteiger partial charge in [-0.3, -0.25) is 9.48 Å². The Balaban J connectivity index is 1.80. The van der Waals surface area contributed by atoms with E-state index < -0.39 is 5.97 Å². The van der Waals surface area contributed by atoms with Gasteiger partial charge in [0.15, 0.2) is 5.69 Å². The Labute approximate surface area is 115 Å². The number of aryl methyl sites for hydroxylation is 1. The third-order valence-electron chi connectivity index (χ3n) is 3.35. The smallest absolute Gasteiger partial charge is 0.357 e. The van der Waals surface area contributed by atoms with E-state index in [4.69, 9.17) is 5.11 Å². The molecule has 2 aromatic rings. The van der Waals surface area contributed by atoms with Crippen LogP contribution < -0.4 is 5.32 Å². The molecule has 1 saturated carbocycles. The lowest BCUT2D eigenvalue weighted by atomic mass is 10.2. The number of fused-ring (bicyclic) bond motifs is 1. The number of aromatic nitrogens is 2. The highest BCUT2D eigenvalue weighted by atomic mass is 16.4. The zero-order valence-electron chi connectivity index (χ0n) is 10.9. The maximum atomic E-state index is 11.7. The molecule has 0 unspecified atom stereocenters. The Kier molecular flexibility index (Phi) is 3.14. The summed E-state index contributed by atoms with van der Waals surface area (Å²) in [5, 5.41) is 16.7. The minimum atomic E-state index is -1.05. The first-order valence-corrected chi connectivity index (χ1v) is 6.63. The molecule has 0 saturated heterocycles. The van der Waals surface area contributed by atoms with Crippen molar-refractivity contribution < 1.29 is 14.7 Å². The molecule has 1 aliphatic rings. The second-order valence-corrected chi connectivity index (χ2v) is 4.99. The number of hydrogen-bond acceptors (Lipinski definition) is 3. The number of amides is 1. The molecule has 0 spiro atoms. The van der Waals surface area contributed by atoms with Crippen LogP contribution in [0.4, 0.5) is 0 Å². The zero-order chi connectivity index (χ0) is 14.1. The molecule has 6 heteroatoms. The van der Waals surface area contributed by atoms with Crippen molar-refractivity contribution in [3.05, 3.63) is 30.0 Å². The van der Waals surface area contributed by atoms with Gasteiger partial charge in [-0.05, 0) is 18.9 Å². The fourth-order valence-corrected chi connectivity index (χ4v) is 2.19. The lowest BCUT2D eigenvalue weighted by Gasteiger charge is -2.04. The molecule has 0 aliphatic heterocycles. The van der Waals surface area contributed by atoms with Crippen molar-refractivity contribution in [1.29, 1.82) is 0 Å². The Morgan fingerprint density at radius 2 is 2.10 bits per heavy atom. The topological polar surface area (TPSA) is 84.2 Å². The molecule has 6 nitrogen and oxygen atoms in total. The van der Waals surface area contributed by atoms with Crippen LogP contribution in [0.2, 0.25) is 0 Å². The second-order valence-electron chi connectivity index (χ2n) is 4.99. The van der Waals surface area contributed by atoms with E-state index in [1.165, 1.54) is 0 Å². The molecule has 2 N–H and O–H groups in total. The first-order chi connectivity index (χ1) is 9.65. The summed E-state index contributed by atoms with van der Waals surface area (Å²) in [6.07, 6.45) is 2.42. The molecule has 1 amide bonds. The van der Waals surface area contributed by atoms with Gasteiger partial charge in [0.1, 0.15) is 0 Å². The van der Waals surface area contributed by atoms with E-state index >= 15 is 0 Å². The zero-order valence-corrected chi connectivity index (χ0v) is 10.9. The molecule has 1 aromatic carbocycles. The number of nitrogens with zero attached hydrogens (tertiary/aromatic N) is 2. The standard InChI is InChI=1S/C14H15N3O3/c18-12(15-9-5-6-9)7-8-17-11-4-2-1-3-10(11)13(16-17)14(19)20/h1-4,9H,5-8H2,(H,15,18)(H,19,20). The number of carboxylic acids is 1. The lowest BCUT2D eigenvalue weighted by Crippen LogP contribution is -2.26. The maximum Gasteiger partial charge on any atom is 0.357 e. The van der Waals surface area contributed by atoms with E-state index in [0.717, 1.165) is 18.4 Å². The number of hydrogen-bond donors (Lipinski definition) is 2. The Morgan fingerprint density at radius 1 is 1.35 bits per heavy atom. The molecular weight excluding hydrogens is 258 g/mol. The third kappa shape index (κ3) is 2.49. The van der Waals surface area contributed by atoms with Crippen molar-refractivity contribution >= 4 is 22.8 Å². The van der Waals surface area contributed by atoms with Gasteiger partial charge in [0, 0.05) is 17.8 Å². The summed E-state index contributed by atoms with van der Waals surface area (Å²) in [4.78, 5) is 22.8. The summed E-state index contributed by atoms with van der Waals surface area (Å²) in [6.45, 7) is 0.381. The van der Waals surface area contributed by atoms with E-state index in [-0.39, 0.29) is 11.6 Å². The predicted molar refractivity (Wildman–Crippen MR) is 72.5 cm³/mol. The van der Waals surface area contributed by atoms with Gasteiger partial charge in [0.05, 0.1) is 12.1 Å². The van der Waals surface area contributed by atoms with Crippen LogP contribution in [0.1, 0.15) is 29.8 Å². The summed E-state index contributed by atoms with van der Waals surface area (Å²) in [5.74, 6) is -1.06. The van der Waals surface area contributed by atoms with E-state index in [1.807, 2.05) is 12.1 Å². The Bertz CT molecular complexity index is 673.